The van der Waals surface area contributed by atoms with Crippen LogP contribution in [0.3, 0.4) is 0 Å². The fourth-order valence-corrected chi connectivity index (χ4v) is 5.25. The van der Waals surface area contributed by atoms with Crippen LogP contribution in [-0.4, -0.2) is 23.5 Å². The van der Waals surface area contributed by atoms with E-state index in [4.69, 9.17) is 56.5 Å². The van der Waals surface area contributed by atoms with E-state index >= 15 is 0 Å². The molecule has 1 heterocycles. The molecule has 0 aliphatic carbocycles. The molecule has 1 N–H and O–H groups in total. The van der Waals surface area contributed by atoms with Crippen LogP contribution in [0.1, 0.15) is 18.1 Å². The number of anilines is 1. The second-order valence-corrected chi connectivity index (χ2v) is 10.6. The van der Waals surface area contributed by atoms with Gasteiger partial charge in [-0.3, -0.25) is 19.8 Å². The molecule has 4 rings (SSSR count). The molecule has 1 saturated heterocycles. The molecule has 6 nitrogen and oxygen atoms in total. The highest BCUT2D eigenvalue weighted by Gasteiger charge is 2.34. The molecule has 1 aliphatic rings. The standard InChI is InChI=1S/C26H18Cl3IN2O4S/c1-2-35-22-10-14(9-21(30)23(22)36-13-15-6-7-17(28)12-20(15)29)8-19-24(33)31-26(37)32(25(19)34)18-5-3-4-16(27)11-18/h3-12H,2,13H2,1H3,(H,31,33,37)/b19-8+. The minimum Gasteiger partial charge on any atom is -0.490 e. The summed E-state index contributed by atoms with van der Waals surface area (Å²) in [6.45, 7) is 2.42. The van der Waals surface area contributed by atoms with Gasteiger partial charge in [0, 0.05) is 20.6 Å². The van der Waals surface area contributed by atoms with Crippen molar-refractivity contribution in [3.8, 4) is 11.5 Å². The van der Waals surface area contributed by atoms with E-state index in [-0.39, 0.29) is 17.3 Å². The van der Waals surface area contributed by atoms with Crippen LogP contribution < -0.4 is 19.7 Å². The van der Waals surface area contributed by atoms with Gasteiger partial charge in [0.25, 0.3) is 11.8 Å². The number of carbonyl (C=O) groups is 2. The molecule has 0 bridgehead atoms. The van der Waals surface area contributed by atoms with Crippen LogP contribution >= 0.6 is 69.6 Å². The average Bonchev–Trinajstić information content (AvgIpc) is 2.82. The summed E-state index contributed by atoms with van der Waals surface area (Å²) in [4.78, 5) is 27.3. The molecule has 1 aliphatic heterocycles. The Hall–Kier alpha value is -2.37. The highest BCUT2D eigenvalue weighted by molar-refractivity contribution is 14.1. The Morgan fingerprint density at radius 2 is 1.78 bits per heavy atom. The fraction of sp³-hybridized carbons (Fsp3) is 0.115. The van der Waals surface area contributed by atoms with E-state index in [0.717, 1.165) is 5.56 Å². The molecule has 0 atom stereocenters. The molecule has 190 valence electrons. The summed E-state index contributed by atoms with van der Waals surface area (Å²) in [5.74, 6) is -0.199. The second-order valence-electron chi connectivity index (χ2n) is 7.73. The van der Waals surface area contributed by atoms with Crippen molar-refractivity contribution < 1.29 is 19.1 Å². The number of carbonyl (C=O) groups excluding carboxylic acids is 2. The first-order valence-corrected chi connectivity index (χ1v) is 13.5. The zero-order valence-corrected chi connectivity index (χ0v) is 24.4. The molecule has 37 heavy (non-hydrogen) atoms. The fourth-order valence-electron chi connectivity index (χ4n) is 3.54. The Balaban J connectivity index is 1.66. The van der Waals surface area contributed by atoms with Crippen LogP contribution in [-0.2, 0) is 16.2 Å². The summed E-state index contributed by atoms with van der Waals surface area (Å²) in [6, 6.07) is 15.3. The van der Waals surface area contributed by atoms with Gasteiger partial charge in [-0.15, -0.1) is 0 Å². The summed E-state index contributed by atoms with van der Waals surface area (Å²) >= 11 is 25.7. The first-order valence-electron chi connectivity index (χ1n) is 10.9. The summed E-state index contributed by atoms with van der Waals surface area (Å²) in [7, 11) is 0. The van der Waals surface area contributed by atoms with Gasteiger partial charge in [-0.25, -0.2) is 0 Å². The summed E-state index contributed by atoms with van der Waals surface area (Å²) in [6.07, 6.45) is 1.49. The smallest absolute Gasteiger partial charge is 0.270 e. The highest BCUT2D eigenvalue weighted by Crippen LogP contribution is 2.36. The zero-order chi connectivity index (χ0) is 26.7. The van der Waals surface area contributed by atoms with Crippen molar-refractivity contribution in [2.24, 2.45) is 0 Å². The number of thiocarbonyl (C=S) groups is 1. The molecule has 3 aromatic carbocycles. The number of nitrogens with one attached hydrogen (secondary N) is 1. The first-order chi connectivity index (χ1) is 17.7. The molecule has 0 aromatic heterocycles. The van der Waals surface area contributed by atoms with Crippen LogP contribution in [0.5, 0.6) is 11.5 Å². The SMILES string of the molecule is CCOc1cc(/C=C2\C(=O)NC(=S)N(c3cccc(Cl)c3)C2=O)cc(I)c1OCc1ccc(Cl)cc1Cl. The normalized spacial score (nSPS) is 14.7. The molecule has 11 heteroatoms. The van der Waals surface area contributed by atoms with Crippen molar-refractivity contribution in [3.63, 3.8) is 0 Å². The number of benzene rings is 3. The molecule has 3 aromatic rings. The monoisotopic (exact) mass is 686 g/mol. The third kappa shape index (κ3) is 6.38. The topological polar surface area (TPSA) is 67.9 Å². The van der Waals surface area contributed by atoms with Gasteiger partial charge >= 0.3 is 0 Å². The quantitative estimate of drug-likeness (QED) is 0.125. The van der Waals surface area contributed by atoms with Gasteiger partial charge in [0.05, 0.1) is 15.9 Å². The molecule has 2 amide bonds. The van der Waals surface area contributed by atoms with Crippen LogP contribution in [0.2, 0.25) is 15.1 Å². The predicted molar refractivity (Wildman–Crippen MR) is 159 cm³/mol. The lowest BCUT2D eigenvalue weighted by Crippen LogP contribution is -2.54. The lowest BCUT2D eigenvalue weighted by atomic mass is 10.1. The van der Waals surface area contributed by atoms with Gasteiger partial charge in [0.2, 0.25) is 0 Å². The molecule has 0 unspecified atom stereocenters. The van der Waals surface area contributed by atoms with Crippen LogP contribution in [0.25, 0.3) is 6.08 Å². The van der Waals surface area contributed by atoms with Gasteiger partial charge < -0.3 is 9.47 Å². The predicted octanol–water partition coefficient (Wildman–Crippen LogP) is 7.06. The highest BCUT2D eigenvalue weighted by atomic mass is 127. The number of halogens is 4. The Bertz CT molecular complexity index is 1450. The second kappa shape index (κ2) is 12.0. The van der Waals surface area contributed by atoms with Gasteiger partial charge in [-0.1, -0.05) is 46.9 Å². The first kappa shape index (κ1) is 27.7. The molecule has 1 fully saturated rings. The van der Waals surface area contributed by atoms with E-state index in [1.165, 1.54) is 11.0 Å². The van der Waals surface area contributed by atoms with E-state index in [1.807, 2.05) is 6.92 Å². The van der Waals surface area contributed by atoms with E-state index < -0.39 is 11.8 Å². The number of hydrogen-bond acceptors (Lipinski definition) is 5. The molecular weight excluding hydrogens is 670 g/mol. The molecular formula is C26H18Cl3IN2O4S. The number of ether oxygens (including phenoxy) is 2. The average molecular weight is 688 g/mol. The number of nitrogens with zero attached hydrogens (tertiary/aromatic N) is 1. The zero-order valence-electron chi connectivity index (χ0n) is 19.2. The Morgan fingerprint density at radius 3 is 2.49 bits per heavy atom. The number of hydrogen-bond donors (Lipinski definition) is 1. The largest absolute Gasteiger partial charge is 0.490 e. The maximum absolute atomic E-state index is 13.3. The summed E-state index contributed by atoms with van der Waals surface area (Å²) < 4.78 is 12.6. The van der Waals surface area contributed by atoms with Gasteiger partial charge in [0.1, 0.15) is 12.2 Å². The van der Waals surface area contributed by atoms with Gasteiger partial charge in [-0.2, -0.15) is 0 Å². The van der Waals surface area contributed by atoms with Gasteiger partial charge in [-0.05, 0) is 95.8 Å². The lowest BCUT2D eigenvalue weighted by molar-refractivity contribution is -0.122. The van der Waals surface area contributed by atoms with Crippen molar-refractivity contribution in [2.45, 2.75) is 13.5 Å². The molecule has 0 saturated carbocycles. The Morgan fingerprint density at radius 1 is 1.03 bits per heavy atom. The third-order valence-electron chi connectivity index (χ3n) is 5.20. The van der Waals surface area contributed by atoms with Crippen LogP contribution in [0.15, 0.2) is 60.2 Å². The van der Waals surface area contributed by atoms with Gasteiger partial charge in [0.15, 0.2) is 16.6 Å². The molecule has 0 radical (unpaired) electrons. The maximum Gasteiger partial charge on any atom is 0.270 e. The van der Waals surface area contributed by atoms with Crippen LogP contribution in [0.4, 0.5) is 5.69 Å². The maximum atomic E-state index is 13.3. The third-order valence-corrected chi connectivity index (χ3v) is 7.11. The van der Waals surface area contributed by atoms with E-state index in [0.29, 0.717) is 48.0 Å². The Kier molecular flexibility index (Phi) is 8.97. The van der Waals surface area contributed by atoms with Crippen molar-refractivity contribution >= 4 is 98.3 Å². The summed E-state index contributed by atoms with van der Waals surface area (Å²) in [5.41, 5.74) is 1.69. The van der Waals surface area contributed by atoms with Crippen molar-refractivity contribution in [2.75, 3.05) is 11.5 Å². The van der Waals surface area contributed by atoms with Crippen molar-refractivity contribution in [3.05, 3.63) is 89.9 Å². The molecule has 0 spiro atoms. The number of rotatable bonds is 7. The summed E-state index contributed by atoms with van der Waals surface area (Å²) in [5, 5.41) is 4.00. The Labute approximate surface area is 247 Å². The minimum atomic E-state index is -0.598. The lowest BCUT2D eigenvalue weighted by Gasteiger charge is -2.29. The van der Waals surface area contributed by atoms with E-state index in [1.54, 1.807) is 54.6 Å². The van der Waals surface area contributed by atoms with E-state index in [9.17, 15) is 9.59 Å². The minimum absolute atomic E-state index is 0.0244. The van der Waals surface area contributed by atoms with E-state index in [2.05, 4.69) is 27.9 Å². The van der Waals surface area contributed by atoms with Crippen LogP contribution in [0, 0.1) is 3.57 Å². The van der Waals surface area contributed by atoms with Crippen molar-refractivity contribution in [1.82, 2.24) is 5.32 Å². The number of amides is 2. The van der Waals surface area contributed by atoms with Crippen molar-refractivity contribution in [1.29, 1.82) is 0 Å².